The highest BCUT2D eigenvalue weighted by Crippen LogP contribution is 2.31. The van der Waals surface area contributed by atoms with E-state index in [1.807, 2.05) is 0 Å². The second-order valence-electron chi connectivity index (χ2n) is 6.77. The van der Waals surface area contributed by atoms with Crippen LogP contribution < -0.4 is 15.6 Å². The van der Waals surface area contributed by atoms with Crippen LogP contribution in [-0.4, -0.2) is 35.4 Å². The van der Waals surface area contributed by atoms with Gasteiger partial charge in [-0.1, -0.05) is 12.1 Å². The van der Waals surface area contributed by atoms with Crippen molar-refractivity contribution < 1.29 is 23.5 Å². The Morgan fingerprint density at radius 3 is 2.55 bits per heavy atom. The Morgan fingerprint density at radius 1 is 1.15 bits per heavy atom. The first-order valence-corrected chi connectivity index (χ1v) is 10.7. The van der Waals surface area contributed by atoms with Crippen molar-refractivity contribution in [3.05, 3.63) is 81.3 Å². The first-order chi connectivity index (χ1) is 15.9. The summed E-state index contributed by atoms with van der Waals surface area (Å²) in [5.41, 5.74) is -0.634. The molecule has 1 N–H and O–H groups in total. The van der Waals surface area contributed by atoms with Crippen LogP contribution in [0.3, 0.4) is 0 Å². The van der Waals surface area contributed by atoms with E-state index < -0.39 is 23.3 Å². The fraction of sp³-hybridized carbons (Fsp3) is 0.130. The lowest BCUT2D eigenvalue weighted by Crippen LogP contribution is -2.26. The predicted octanol–water partition coefficient (Wildman–Crippen LogP) is 4.02. The summed E-state index contributed by atoms with van der Waals surface area (Å²) in [5.74, 6) is -1.34. The summed E-state index contributed by atoms with van der Waals surface area (Å²) in [7, 11) is 1.52. The molecule has 0 saturated heterocycles. The summed E-state index contributed by atoms with van der Waals surface area (Å²) < 4.78 is 25.4. The second-order valence-corrected chi connectivity index (χ2v) is 7.65. The van der Waals surface area contributed by atoms with Crippen LogP contribution in [0.25, 0.3) is 16.5 Å². The molecular formula is C23H18FN3O5S. The number of carbonyl (C=O) groups is 2. The van der Waals surface area contributed by atoms with Gasteiger partial charge >= 0.3 is 5.97 Å². The SMILES string of the molecule is CCOC(=O)c1nn(-c2ccccc2F)c(=O)c2c(NC(=O)c3ccc(OC)cc3)scc12. The van der Waals surface area contributed by atoms with Crippen LogP contribution >= 0.6 is 11.3 Å². The van der Waals surface area contributed by atoms with Crippen molar-refractivity contribution in [1.29, 1.82) is 0 Å². The molecule has 8 nitrogen and oxygen atoms in total. The number of methoxy groups -OCH3 is 1. The van der Waals surface area contributed by atoms with Crippen LogP contribution in [0.2, 0.25) is 0 Å². The molecule has 2 aromatic heterocycles. The maximum absolute atomic E-state index is 14.5. The molecule has 10 heteroatoms. The van der Waals surface area contributed by atoms with Crippen LogP contribution in [0.4, 0.5) is 9.39 Å². The van der Waals surface area contributed by atoms with Gasteiger partial charge in [0.2, 0.25) is 0 Å². The second kappa shape index (κ2) is 9.21. The molecule has 0 bridgehead atoms. The summed E-state index contributed by atoms with van der Waals surface area (Å²) in [6, 6.07) is 12.0. The summed E-state index contributed by atoms with van der Waals surface area (Å²) in [6.07, 6.45) is 0. The maximum Gasteiger partial charge on any atom is 0.359 e. The van der Waals surface area contributed by atoms with Gasteiger partial charge < -0.3 is 14.8 Å². The molecule has 0 aliphatic carbocycles. The minimum atomic E-state index is -0.765. The van der Waals surface area contributed by atoms with Gasteiger partial charge in [0, 0.05) is 16.3 Å². The lowest BCUT2D eigenvalue weighted by atomic mass is 10.2. The highest BCUT2D eigenvalue weighted by molar-refractivity contribution is 7.16. The average molecular weight is 467 g/mol. The number of hydrogen-bond donors (Lipinski definition) is 1. The van der Waals surface area contributed by atoms with Crippen molar-refractivity contribution in [2.45, 2.75) is 6.92 Å². The zero-order chi connectivity index (χ0) is 23.5. The number of benzene rings is 2. The van der Waals surface area contributed by atoms with E-state index in [9.17, 15) is 18.8 Å². The molecular weight excluding hydrogens is 449 g/mol. The quantitative estimate of drug-likeness (QED) is 0.430. The lowest BCUT2D eigenvalue weighted by Gasteiger charge is -2.10. The smallest absolute Gasteiger partial charge is 0.359 e. The summed E-state index contributed by atoms with van der Waals surface area (Å²) >= 11 is 1.05. The van der Waals surface area contributed by atoms with Crippen LogP contribution in [-0.2, 0) is 4.74 Å². The fourth-order valence-corrected chi connectivity index (χ4v) is 4.13. The van der Waals surface area contributed by atoms with Gasteiger partial charge in [0.05, 0.1) is 19.1 Å². The molecule has 0 unspecified atom stereocenters. The number of nitrogens with zero attached hydrogens (tertiary/aromatic N) is 2. The Hall–Kier alpha value is -4.05. The Labute approximate surface area is 191 Å². The number of hydrogen-bond acceptors (Lipinski definition) is 7. The number of carbonyl (C=O) groups excluding carboxylic acids is 2. The Balaban J connectivity index is 1.86. The minimum absolute atomic E-state index is 0.0307. The van der Waals surface area contributed by atoms with E-state index in [2.05, 4.69) is 10.4 Å². The van der Waals surface area contributed by atoms with Gasteiger partial charge in [0.25, 0.3) is 11.5 Å². The van der Waals surface area contributed by atoms with Crippen molar-refractivity contribution in [3.8, 4) is 11.4 Å². The van der Waals surface area contributed by atoms with Crippen molar-refractivity contribution in [1.82, 2.24) is 9.78 Å². The molecule has 33 heavy (non-hydrogen) atoms. The van der Waals surface area contributed by atoms with Crippen LogP contribution in [0.1, 0.15) is 27.8 Å². The van der Waals surface area contributed by atoms with E-state index in [0.717, 1.165) is 16.0 Å². The largest absolute Gasteiger partial charge is 0.497 e. The highest BCUT2D eigenvalue weighted by Gasteiger charge is 2.24. The minimum Gasteiger partial charge on any atom is -0.497 e. The Morgan fingerprint density at radius 2 is 1.88 bits per heavy atom. The van der Waals surface area contributed by atoms with Gasteiger partial charge in [-0.3, -0.25) is 9.59 Å². The van der Waals surface area contributed by atoms with Crippen molar-refractivity contribution in [2.24, 2.45) is 0 Å². The number of esters is 1. The van der Waals surface area contributed by atoms with E-state index in [1.165, 1.54) is 30.7 Å². The normalized spacial score (nSPS) is 10.8. The number of halogens is 1. The van der Waals surface area contributed by atoms with E-state index in [0.29, 0.717) is 11.3 Å². The molecule has 168 valence electrons. The lowest BCUT2D eigenvalue weighted by molar-refractivity contribution is 0.0519. The third-order valence-corrected chi connectivity index (χ3v) is 5.68. The fourth-order valence-electron chi connectivity index (χ4n) is 3.20. The number of nitrogens with one attached hydrogen (secondary N) is 1. The molecule has 0 saturated carbocycles. The molecule has 2 aromatic carbocycles. The molecule has 4 aromatic rings. The number of ether oxygens (including phenoxy) is 2. The third-order valence-electron chi connectivity index (χ3n) is 4.78. The molecule has 0 spiro atoms. The standard InChI is InChI=1S/C23H18FN3O5S/c1-3-32-23(30)19-15-12-33-21(25-20(28)13-8-10-14(31-2)11-9-13)18(15)22(29)27(26-19)17-7-5-4-6-16(17)24/h4-12H,3H2,1-2H3,(H,25,28). The maximum atomic E-state index is 14.5. The van der Waals surface area contributed by atoms with E-state index in [4.69, 9.17) is 9.47 Å². The Kier molecular flexibility index (Phi) is 6.18. The van der Waals surface area contributed by atoms with Crippen LogP contribution in [0, 0.1) is 5.82 Å². The molecule has 2 heterocycles. The molecule has 4 rings (SSSR count). The van der Waals surface area contributed by atoms with Crippen molar-refractivity contribution in [2.75, 3.05) is 19.0 Å². The number of amides is 1. The van der Waals surface area contributed by atoms with Gasteiger partial charge in [-0.2, -0.15) is 9.78 Å². The van der Waals surface area contributed by atoms with E-state index in [1.54, 1.807) is 37.3 Å². The van der Waals surface area contributed by atoms with Gasteiger partial charge in [-0.25, -0.2) is 9.18 Å². The monoisotopic (exact) mass is 467 g/mol. The van der Waals surface area contributed by atoms with E-state index >= 15 is 0 Å². The molecule has 0 fully saturated rings. The van der Waals surface area contributed by atoms with Crippen molar-refractivity contribution >= 4 is 39.0 Å². The third kappa shape index (κ3) is 4.20. The van der Waals surface area contributed by atoms with Crippen LogP contribution in [0.5, 0.6) is 5.75 Å². The molecule has 0 aliphatic rings. The number of fused-ring (bicyclic) bond motifs is 1. The number of aromatic nitrogens is 2. The number of para-hydroxylation sites is 1. The number of thiophene rings is 1. The van der Waals surface area contributed by atoms with Gasteiger partial charge in [-0.05, 0) is 43.3 Å². The molecule has 0 radical (unpaired) electrons. The summed E-state index contributed by atoms with van der Waals surface area (Å²) in [5, 5.41) is 8.77. The first kappa shape index (κ1) is 22.2. The van der Waals surface area contributed by atoms with E-state index in [-0.39, 0.29) is 33.8 Å². The summed E-state index contributed by atoms with van der Waals surface area (Å²) in [6.45, 7) is 1.72. The number of anilines is 1. The zero-order valence-corrected chi connectivity index (χ0v) is 18.4. The summed E-state index contributed by atoms with van der Waals surface area (Å²) in [4.78, 5) is 38.7. The Bertz CT molecular complexity index is 1410. The van der Waals surface area contributed by atoms with Crippen molar-refractivity contribution in [3.63, 3.8) is 0 Å². The number of rotatable bonds is 6. The van der Waals surface area contributed by atoms with Gasteiger partial charge in [0.15, 0.2) is 5.69 Å². The first-order valence-electron chi connectivity index (χ1n) is 9.86. The van der Waals surface area contributed by atoms with Crippen LogP contribution in [0.15, 0.2) is 58.7 Å². The molecule has 0 aliphatic heterocycles. The average Bonchev–Trinajstić information content (AvgIpc) is 3.24. The zero-order valence-electron chi connectivity index (χ0n) is 17.6. The molecule has 0 atom stereocenters. The molecule has 1 amide bonds. The van der Waals surface area contributed by atoms with Gasteiger partial charge in [-0.15, -0.1) is 11.3 Å². The topological polar surface area (TPSA) is 99.5 Å². The van der Waals surface area contributed by atoms with Gasteiger partial charge in [0.1, 0.15) is 22.3 Å². The highest BCUT2D eigenvalue weighted by atomic mass is 32.1. The predicted molar refractivity (Wildman–Crippen MR) is 122 cm³/mol.